The Morgan fingerprint density at radius 1 is 1.12 bits per heavy atom. The summed E-state index contributed by atoms with van der Waals surface area (Å²) in [6.45, 7) is 5.68. The van der Waals surface area contributed by atoms with Gasteiger partial charge in [-0.3, -0.25) is 9.69 Å². The lowest BCUT2D eigenvalue weighted by Gasteiger charge is -2.35. The number of likely N-dealkylation sites (tertiary alicyclic amines) is 1. The molecule has 2 atom stereocenters. The first-order valence-electron chi connectivity index (χ1n) is 11.0. The number of methoxy groups -OCH3 is 1. The SMILES string of the molecule is CCOC(=O)C1=C(CN2CCCC(C(=O)OCC)C2)NC(=O)NC1c1ccc(OC)cc1. The van der Waals surface area contributed by atoms with Crippen molar-refractivity contribution in [3.63, 3.8) is 0 Å². The number of amides is 2. The Bertz CT molecular complexity index is 867. The lowest BCUT2D eigenvalue weighted by atomic mass is 9.93. The number of piperidine rings is 1. The van der Waals surface area contributed by atoms with E-state index in [-0.39, 0.29) is 18.5 Å². The van der Waals surface area contributed by atoms with Gasteiger partial charge in [-0.25, -0.2) is 9.59 Å². The van der Waals surface area contributed by atoms with Crippen LogP contribution < -0.4 is 15.4 Å². The smallest absolute Gasteiger partial charge is 0.338 e. The van der Waals surface area contributed by atoms with E-state index < -0.39 is 18.0 Å². The lowest BCUT2D eigenvalue weighted by molar-refractivity contribution is -0.150. The van der Waals surface area contributed by atoms with E-state index in [0.29, 0.717) is 36.7 Å². The number of hydrogen-bond acceptors (Lipinski definition) is 7. The summed E-state index contributed by atoms with van der Waals surface area (Å²) in [4.78, 5) is 39.7. The highest BCUT2D eigenvalue weighted by Gasteiger charge is 2.35. The molecule has 2 unspecified atom stereocenters. The van der Waals surface area contributed by atoms with Crippen molar-refractivity contribution in [1.29, 1.82) is 0 Å². The van der Waals surface area contributed by atoms with E-state index in [1.165, 1.54) is 0 Å². The largest absolute Gasteiger partial charge is 0.497 e. The van der Waals surface area contributed by atoms with Crippen LogP contribution in [0.4, 0.5) is 4.79 Å². The fourth-order valence-electron chi connectivity index (χ4n) is 4.11. The second kappa shape index (κ2) is 11.0. The first-order chi connectivity index (χ1) is 15.5. The molecule has 3 rings (SSSR count). The van der Waals surface area contributed by atoms with Gasteiger partial charge in [0.15, 0.2) is 0 Å². The molecule has 2 aliphatic heterocycles. The number of nitrogens with one attached hydrogen (secondary N) is 2. The highest BCUT2D eigenvalue weighted by atomic mass is 16.5. The van der Waals surface area contributed by atoms with Crippen LogP contribution in [0.3, 0.4) is 0 Å². The van der Waals surface area contributed by atoms with Crippen LogP contribution in [0.1, 0.15) is 38.3 Å². The normalized spacial score (nSPS) is 21.4. The molecule has 1 aromatic carbocycles. The summed E-state index contributed by atoms with van der Waals surface area (Å²) in [6, 6.07) is 6.12. The molecule has 0 saturated carbocycles. The predicted octanol–water partition coefficient (Wildman–Crippen LogP) is 2.14. The zero-order valence-electron chi connectivity index (χ0n) is 18.8. The van der Waals surface area contributed by atoms with Crippen molar-refractivity contribution in [2.24, 2.45) is 5.92 Å². The minimum absolute atomic E-state index is 0.206. The fraction of sp³-hybridized carbons (Fsp3) is 0.522. The van der Waals surface area contributed by atoms with Crippen LogP contribution in [0.15, 0.2) is 35.5 Å². The molecule has 0 radical (unpaired) electrons. The van der Waals surface area contributed by atoms with Crippen molar-refractivity contribution >= 4 is 18.0 Å². The van der Waals surface area contributed by atoms with Crippen LogP contribution in [-0.2, 0) is 19.1 Å². The van der Waals surface area contributed by atoms with Crippen molar-refractivity contribution in [2.45, 2.75) is 32.7 Å². The summed E-state index contributed by atoms with van der Waals surface area (Å²) in [5.74, 6) is -0.239. The van der Waals surface area contributed by atoms with Gasteiger partial charge in [-0.2, -0.15) is 0 Å². The Hall–Kier alpha value is -3.07. The number of hydrogen-bond donors (Lipinski definition) is 2. The van der Waals surface area contributed by atoms with Crippen molar-refractivity contribution in [3.8, 4) is 5.75 Å². The molecule has 1 aromatic rings. The van der Waals surface area contributed by atoms with Gasteiger partial charge in [0, 0.05) is 18.8 Å². The Morgan fingerprint density at radius 2 is 1.84 bits per heavy atom. The maximum absolute atomic E-state index is 12.9. The van der Waals surface area contributed by atoms with E-state index in [2.05, 4.69) is 15.5 Å². The molecule has 0 spiro atoms. The number of esters is 2. The van der Waals surface area contributed by atoms with Gasteiger partial charge >= 0.3 is 18.0 Å². The Labute approximate surface area is 188 Å². The highest BCUT2D eigenvalue weighted by Crippen LogP contribution is 2.30. The van der Waals surface area contributed by atoms with E-state index in [9.17, 15) is 14.4 Å². The van der Waals surface area contributed by atoms with E-state index in [4.69, 9.17) is 14.2 Å². The van der Waals surface area contributed by atoms with Gasteiger partial charge in [-0.15, -0.1) is 0 Å². The van der Waals surface area contributed by atoms with Gasteiger partial charge < -0.3 is 24.8 Å². The molecule has 1 saturated heterocycles. The quantitative estimate of drug-likeness (QED) is 0.591. The number of rotatable bonds is 8. The standard InChI is InChI=1S/C23H31N3O6/c1-4-31-21(27)16-7-6-12-26(13-16)14-18-19(22(28)32-5-2)20(25-23(29)24-18)15-8-10-17(30-3)11-9-15/h8-11,16,20H,4-7,12-14H2,1-3H3,(H2,24,25,29). The average molecular weight is 446 g/mol. The number of urea groups is 1. The number of nitrogens with zero attached hydrogens (tertiary/aromatic N) is 1. The molecule has 2 N–H and O–H groups in total. The Balaban J connectivity index is 1.90. The van der Waals surface area contributed by atoms with E-state index in [1.807, 2.05) is 12.1 Å². The second-order valence-corrected chi connectivity index (χ2v) is 7.74. The molecule has 2 aliphatic rings. The molecule has 0 aliphatic carbocycles. The number of benzene rings is 1. The third-order valence-electron chi connectivity index (χ3n) is 5.61. The third-order valence-corrected chi connectivity index (χ3v) is 5.61. The van der Waals surface area contributed by atoms with Gasteiger partial charge in [-0.1, -0.05) is 12.1 Å². The molecule has 0 aromatic heterocycles. The van der Waals surface area contributed by atoms with E-state index in [0.717, 1.165) is 24.9 Å². The van der Waals surface area contributed by atoms with Gasteiger partial charge in [0.05, 0.1) is 37.9 Å². The molecule has 2 heterocycles. The van der Waals surface area contributed by atoms with Gasteiger partial charge in [0.25, 0.3) is 0 Å². The van der Waals surface area contributed by atoms with Crippen LogP contribution in [-0.4, -0.2) is 62.8 Å². The molecule has 32 heavy (non-hydrogen) atoms. The molecule has 174 valence electrons. The van der Waals surface area contributed by atoms with Crippen LogP contribution in [0.25, 0.3) is 0 Å². The topological polar surface area (TPSA) is 106 Å². The second-order valence-electron chi connectivity index (χ2n) is 7.74. The van der Waals surface area contributed by atoms with Crippen LogP contribution in [0.5, 0.6) is 5.75 Å². The maximum atomic E-state index is 12.9. The summed E-state index contributed by atoms with van der Waals surface area (Å²) in [6.07, 6.45) is 1.60. The molecule has 1 fully saturated rings. The van der Waals surface area contributed by atoms with Crippen LogP contribution >= 0.6 is 0 Å². The Morgan fingerprint density at radius 3 is 2.50 bits per heavy atom. The first-order valence-corrected chi connectivity index (χ1v) is 11.0. The van der Waals surface area contributed by atoms with Crippen molar-refractivity contribution in [2.75, 3.05) is 40.0 Å². The summed E-state index contributed by atoms with van der Waals surface area (Å²) in [5, 5.41) is 5.62. The summed E-state index contributed by atoms with van der Waals surface area (Å²) in [7, 11) is 1.57. The van der Waals surface area contributed by atoms with Gasteiger partial charge in [-0.05, 0) is 50.9 Å². The van der Waals surface area contributed by atoms with Crippen molar-refractivity contribution < 1.29 is 28.6 Å². The monoisotopic (exact) mass is 445 g/mol. The van der Waals surface area contributed by atoms with Crippen molar-refractivity contribution in [1.82, 2.24) is 15.5 Å². The average Bonchev–Trinajstić information content (AvgIpc) is 2.79. The molecular weight excluding hydrogens is 414 g/mol. The van der Waals surface area contributed by atoms with E-state index in [1.54, 1.807) is 33.1 Å². The number of carbonyl (C=O) groups is 3. The zero-order chi connectivity index (χ0) is 23.1. The molecule has 0 bridgehead atoms. The molecule has 9 heteroatoms. The van der Waals surface area contributed by atoms with E-state index >= 15 is 0 Å². The van der Waals surface area contributed by atoms with Crippen LogP contribution in [0, 0.1) is 5.92 Å². The lowest BCUT2D eigenvalue weighted by Crippen LogP contribution is -2.50. The fourth-order valence-corrected chi connectivity index (χ4v) is 4.11. The molecular formula is C23H31N3O6. The predicted molar refractivity (Wildman–Crippen MR) is 117 cm³/mol. The zero-order valence-corrected chi connectivity index (χ0v) is 18.8. The number of ether oxygens (including phenoxy) is 3. The Kier molecular flexibility index (Phi) is 8.10. The first kappa shape index (κ1) is 23.6. The minimum atomic E-state index is -0.658. The van der Waals surface area contributed by atoms with Gasteiger partial charge in [0.2, 0.25) is 0 Å². The summed E-state index contributed by atoms with van der Waals surface area (Å²) in [5.41, 5.74) is 1.58. The van der Waals surface area contributed by atoms with Crippen molar-refractivity contribution in [3.05, 3.63) is 41.1 Å². The third kappa shape index (κ3) is 5.59. The minimum Gasteiger partial charge on any atom is -0.497 e. The van der Waals surface area contributed by atoms with Crippen LogP contribution in [0.2, 0.25) is 0 Å². The number of carbonyl (C=O) groups excluding carboxylic acids is 3. The molecule has 2 amide bonds. The summed E-state index contributed by atoms with van der Waals surface area (Å²) < 4.78 is 15.7. The maximum Gasteiger partial charge on any atom is 0.338 e. The highest BCUT2D eigenvalue weighted by molar-refractivity contribution is 5.95. The van der Waals surface area contributed by atoms with Gasteiger partial charge in [0.1, 0.15) is 5.75 Å². The summed E-state index contributed by atoms with van der Waals surface area (Å²) >= 11 is 0. The molecule has 9 nitrogen and oxygen atoms in total.